The molecule has 0 saturated heterocycles. The molecule has 8 heteroatoms. The van der Waals surface area contributed by atoms with E-state index in [4.69, 9.17) is 4.74 Å². The lowest BCUT2D eigenvalue weighted by atomic mass is 10.1. The molecule has 1 fully saturated rings. The van der Waals surface area contributed by atoms with E-state index in [1.807, 2.05) is 24.3 Å². The Morgan fingerprint density at radius 2 is 1.90 bits per heavy atom. The molecule has 3 aromatic rings. The smallest absolute Gasteiger partial charge is 0.263 e. The fourth-order valence-electron chi connectivity index (χ4n) is 2.94. The molecule has 1 aliphatic carbocycles. The number of ether oxygens (including phenoxy) is 1. The van der Waals surface area contributed by atoms with Crippen LogP contribution in [0.15, 0.2) is 54.7 Å². The Bertz CT molecular complexity index is 1060. The van der Waals surface area contributed by atoms with Crippen molar-refractivity contribution in [3.05, 3.63) is 71.0 Å². The molecule has 2 amide bonds. The highest BCUT2D eigenvalue weighted by Gasteiger charge is 2.23. The van der Waals surface area contributed by atoms with E-state index >= 15 is 0 Å². The van der Waals surface area contributed by atoms with Crippen LogP contribution in [0.5, 0.6) is 5.75 Å². The van der Waals surface area contributed by atoms with Crippen molar-refractivity contribution in [2.45, 2.75) is 25.3 Å². The molecule has 1 aromatic heterocycles. The first-order valence-electron chi connectivity index (χ1n) is 10.1. The molecule has 2 aromatic carbocycles. The van der Waals surface area contributed by atoms with E-state index in [0.717, 1.165) is 29.7 Å². The largest absolute Gasteiger partial charge is 0.484 e. The molecular weight excluding hydrogens is 417 g/mol. The Balaban J connectivity index is 1.22. The zero-order valence-electron chi connectivity index (χ0n) is 16.8. The van der Waals surface area contributed by atoms with Gasteiger partial charge in [-0.05, 0) is 49.1 Å². The number of nitrogens with one attached hydrogen (secondary N) is 2. The van der Waals surface area contributed by atoms with E-state index < -0.39 is 0 Å². The van der Waals surface area contributed by atoms with Crippen molar-refractivity contribution in [2.75, 3.05) is 13.2 Å². The second kappa shape index (κ2) is 9.70. The number of hydrogen-bond donors (Lipinski definition) is 2. The number of benzene rings is 2. The average Bonchev–Trinajstić information content (AvgIpc) is 3.45. The minimum atomic E-state index is -0.361. The molecule has 31 heavy (non-hydrogen) atoms. The number of aromatic nitrogens is 1. The third kappa shape index (κ3) is 5.88. The first-order valence-corrected chi connectivity index (χ1v) is 10.9. The minimum Gasteiger partial charge on any atom is -0.484 e. The van der Waals surface area contributed by atoms with Crippen LogP contribution >= 0.6 is 11.3 Å². The van der Waals surface area contributed by atoms with Crippen LogP contribution in [0.1, 0.15) is 28.1 Å². The van der Waals surface area contributed by atoms with Crippen LogP contribution in [-0.2, 0) is 11.2 Å². The van der Waals surface area contributed by atoms with Gasteiger partial charge in [0.05, 0.1) is 6.20 Å². The Hall–Kier alpha value is -3.26. The second-order valence-electron chi connectivity index (χ2n) is 7.29. The van der Waals surface area contributed by atoms with Gasteiger partial charge >= 0.3 is 0 Å². The Morgan fingerprint density at radius 3 is 2.65 bits per heavy atom. The van der Waals surface area contributed by atoms with Gasteiger partial charge in [0.15, 0.2) is 6.61 Å². The summed E-state index contributed by atoms with van der Waals surface area (Å²) in [6.07, 6.45) is 4.21. The van der Waals surface area contributed by atoms with Crippen LogP contribution in [-0.4, -0.2) is 36.0 Å². The number of thiazole rings is 1. The van der Waals surface area contributed by atoms with E-state index in [9.17, 15) is 14.0 Å². The predicted octanol–water partition coefficient (Wildman–Crippen LogP) is 3.58. The van der Waals surface area contributed by atoms with Crippen LogP contribution in [0, 0.1) is 5.82 Å². The van der Waals surface area contributed by atoms with Crippen LogP contribution in [0.25, 0.3) is 10.6 Å². The standard InChI is InChI=1S/C23H22FN3O3S/c24-19-4-2-1-3-18(19)23-26-13-20(31-23)22(29)25-12-11-15-5-9-17(10-6-15)30-14-21(28)27-16-7-8-16/h1-6,9-10,13,16H,7-8,11-12,14H2,(H,25,29)(H,27,28). The summed E-state index contributed by atoms with van der Waals surface area (Å²) in [5.41, 5.74) is 1.42. The maximum Gasteiger partial charge on any atom is 0.263 e. The maximum atomic E-state index is 13.9. The normalized spacial score (nSPS) is 12.9. The summed E-state index contributed by atoms with van der Waals surface area (Å²) in [7, 11) is 0. The molecule has 0 atom stereocenters. The lowest BCUT2D eigenvalue weighted by Gasteiger charge is -2.08. The monoisotopic (exact) mass is 439 g/mol. The van der Waals surface area contributed by atoms with Crippen LogP contribution in [0.3, 0.4) is 0 Å². The molecule has 0 unspecified atom stereocenters. The summed E-state index contributed by atoms with van der Waals surface area (Å²) in [5.74, 6) is -0.0684. The van der Waals surface area contributed by atoms with Crippen molar-refractivity contribution in [1.82, 2.24) is 15.6 Å². The van der Waals surface area contributed by atoms with E-state index in [1.165, 1.54) is 12.3 Å². The highest BCUT2D eigenvalue weighted by molar-refractivity contribution is 7.16. The van der Waals surface area contributed by atoms with Crippen LogP contribution < -0.4 is 15.4 Å². The summed E-state index contributed by atoms with van der Waals surface area (Å²) in [5, 5.41) is 6.21. The predicted molar refractivity (Wildman–Crippen MR) is 117 cm³/mol. The summed E-state index contributed by atoms with van der Waals surface area (Å²) in [4.78, 5) is 28.6. The molecule has 160 valence electrons. The first kappa shape index (κ1) is 21.0. The van der Waals surface area contributed by atoms with Gasteiger partial charge in [0.1, 0.15) is 21.5 Å². The van der Waals surface area contributed by atoms with Crippen molar-refractivity contribution in [1.29, 1.82) is 0 Å². The van der Waals surface area contributed by atoms with Gasteiger partial charge in [0, 0.05) is 18.2 Å². The quantitative estimate of drug-likeness (QED) is 0.534. The van der Waals surface area contributed by atoms with Gasteiger partial charge in [0.25, 0.3) is 11.8 Å². The van der Waals surface area contributed by atoms with Crippen LogP contribution in [0.4, 0.5) is 4.39 Å². The SMILES string of the molecule is O=C(COc1ccc(CCNC(=O)c2cnc(-c3ccccc3F)s2)cc1)NC1CC1. The van der Waals surface area contributed by atoms with Gasteiger partial charge in [-0.15, -0.1) is 11.3 Å². The van der Waals surface area contributed by atoms with E-state index in [2.05, 4.69) is 15.6 Å². The topological polar surface area (TPSA) is 80.3 Å². The molecular formula is C23H22FN3O3S. The van der Waals surface area contributed by atoms with E-state index in [-0.39, 0.29) is 24.2 Å². The van der Waals surface area contributed by atoms with Gasteiger partial charge in [-0.2, -0.15) is 0 Å². The summed E-state index contributed by atoms with van der Waals surface area (Å²) >= 11 is 1.16. The zero-order valence-corrected chi connectivity index (χ0v) is 17.6. The maximum absolute atomic E-state index is 13.9. The first-order chi connectivity index (χ1) is 15.1. The molecule has 1 aliphatic rings. The molecule has 6 nitrogen and oxygen atoms in total. The molecule has 1 heterocycles. The molecule has 1 saturated carbocycles. The summed E-state index contributed by atoms with van der Waals surface area (Å²) < 4.78 is 19.4. The number of halogens is 1. The summed E-state index contributed by atoms with van der Waals surface area (Å²) in [6, 6.07) is 14.1. The van der Waals surface area contributed by atoms with Gasteiger partial charge in [-0.1, -0.05) is 24.3 Å². The number of hydrogen-bond acceptors (Lipinski definition) is 5. The summed E-state index contributed by atoms with van der Waals surface area (Å²) in [6.45, 7) is 0.464. The molecule has 0 radical (unpaired) electrons. The highest BCUT2D eigenvalue weighted by atomic mass is 32.1. The van der Waals surface area contributed by atoms with Crippen molar-refractivity contribution in [2.24, 2.45) is 0 Å². The number of carbonyl (C=O) groups excluding carboxylic acids is 2. The fourth-order valence-corrected chi connectivity index (χ4v) is 3.80. The third-order valence-electron chi connectivity index (χ3n) is 4.77. The lowest BCUT2D eigenvalue weighted by Crippen LogP contribution is -2.30. The molecule has 0 bridgehead atoms. The number of nitrogens with zero attached hydrogens (tertiary/aromatic N) is 1. The van der Waals surface area contributed by atoms with Gasteiger partial charge in [-0.25, -0.2) is 9.37 Å². The third-order valence-corrected chi connectivity index (χ3v) is 5.80. The fraction of sp³-hybridized carbons (Fsp3) is 0.261. The molecule has 4 rings (SSSR count). The van der Waals surface area contributed by atoms with Crippen molar-refractivity contribution < 1.29 is 18.7 Å². The van der Waals surface area contributed by atoms with Gasteiger partial charge in [0.2, 0.25) is 0 Å². The number of carbonyl (C=O) groups is 2. The van der Waals surface area contributed by atoms with Crippen molar-refractivity contribution >= 4 is 23.2 Å². The highest BCUT2D eigenvalue weighted by Crippen LogP contribution is 2.27. The van der Waals surface area contributed by atoms with Gasteiger partial charge < -0.3 is 15.4 Å². The van der Waals surface area contributed by atoms with Crippen LogP contribution in [0.2, 0.25) is 0 Å². The number of amides is 2. The Labute approximate surface area is 183 Å². The van der Waals surface area contributed by atoms with E-state index in [0.29, 0.717) is 40.2 Å². The lowest BCUT2D eigenvalue weighted by molar-refractivity contribution is -0.123. The Kier molecular flexibility index (Phi) is 6.57. The zero-order chi connectivity index (χ0) is 21.6. The van der Waals surface area contributed by atoms with Crippen molar-refractivity contribution in [3.8, 4) is 16.3 Å². The van der Waals surface area contributed by atoms with E-state index in [1.54, 1.807) is 18.2 Å². The van der Waals surface area contributed by atoms with Gasteiger partial charge in [-0.3, -0.25) is 9.59 Å². The Morgan fingerprint density at radius 1 is 1.13 bits per heavy atom. The molecule has 0 aliphatic heterocycles. The number of rotatable bonds is 9. The van der Waals surface area contributed by atoms with Crippen molar-refractivity contribution in [3.63, 3.8) is 0 Å². The molecule has 0 spiro atoms. The average molecular weight is 440 g/mol. The second-order valence-corrected chi connectivity index (χ2v) is 8.32. The molecule has 2 N–H and O–H groups in total. The minimum absolute atomic E-state index is 0.00955.